The molecule has 0 N–H and O–H groups in total. The molecule has 0 aliphatic rings. The van der Waals surface area contributed by atoms with E-state index in [9.17, 15) is 0 Å². The van der Waals surface area contributed by atoms with Crippen molar-refractivity contribution in [1.82, 2.24) is 0 Å². The summed E-state index contributed by atoms with van der Waals surface area (Å²) >= 11 is 6.08. The molecule has 0 fully saturated rings. The second-order valence-electron chi connectivity index (χ2n) is 2.87. The van der Waals surface area contributed by atoms with E-state index in [1.807, 2.05) is 19.9 Å². The standard InChI is InChI=1S/C10H13ClO2/c1-6-5-8(12-3)10(13-4)9(11)7(6)2/h5H,1-4H3. The van der Waals surface area contributed by atoms with Crippen LogP contribution in [-0.4, -0.2) is 14.2 Å². The Hall–Kier alpha value is -0.890. The van der Waals surface area contributed by atoms with Gasteiger partial charge in [0.05, 0.1) is 19.2 Å². The number of methoxy groups -OCH3 is 2. The number of benzene rings is 1. The zero-order chi connectivity index (χ0) is 10.0. The highest BCUT2D eigenvalue weighted by Gasteiger charge is 2.12. The van der Waals surface area contributed by atoms with Crippen LogP contribution in [0.25, 0.3) is 0 Å². The third-order valence-electron chi connectivity index (χ3n) is 2.12. The van der Waals surface area contributed by atoms with Gasteiger partial charge in [-0.25, -0.2) is 0 Å². The highest BCUT2D eigenvalue weighted by molar-refractivity contribution is 6.33. The predicted molar refractivity (Wildman–Crippen MR) is 54.0 cm³/mol. The third kappa shape index (κ3) is 1.73. The van der Waals surface area contributed by atoms with Crippen molar-refractivity contribution in [3.05, 3.63) is 22.2 Å². The van der Waals surface area contributed by atoms with E-state index in [2.05, 4.69) is 0 Å². The van der Waals surface area contributed by atoms with E-state index in [0.717, 1.165) is 11.1 Å². The topological polar surface area (TPSA) is 18.5 Å². The number of aryl methyl sites for hydroxylation is 1. The summed E-state index contributed by atoms with van der Waals surface area (Å²) in [5.41, 5.74) is 2.13. The number of halogens is 1. The van der Waals surface area contributed by atoms with Crippen molar-refractivity contribution in [2.45, 2.75) is 13.8 Å². The van der Waals surface area contributed by atoms with Crippen molar-refractivity contribution < 1.29 is 9.47 Å². The first kappa shape index (κ1) is 10.2. The molecule has 0 bridgehead atoms. The molecular formula is C10H13ClO2. The van der Waals surface area contributed by atoms with E-state index in [-0.39, 0.29) is 0 Å². The SMILES string of the molecule is COc1cc(C)c(C)c(Cl)c1OC. The zero-order valence-electron chi connectivity index (χ0n) is 8.27. The molecule has 0 unspecified atom stereocenters. The van der Waals surface area contributed by atoms with Crippen LogP contribution in [0.5, 0.6) is 11.5 Å². The quantitative estimate of drug-likeness (QED) is 0.731. The van der Waals surface area contributed by atoms with Gasteiger partial charge in [0.2, 0.25) is 0 Å². The van der Waals surface area contributed by atoms with Gasteiger partial charge in [-0.05, 0) is 31.0 Å². The molecule has 0 saturated heterocycles. The maximum Gasteiger partial charge on any atom is 0.179 e. The second-order valence-corrected chi connectivity index (χ2v) is 3.25. The Balaban J connectivity index is 3.39. The molecule has 0 aliphatic carbocycles. The van der Waals surface area contributed by atoms with Gasteiger partial charge in [0.15, 0.2) is 11.5 Å². The fourth-order valence-corrected chi connectivity index (χ4v) is 1.48. The first-order valence-corrected chi connectivity index (χ1v) is 4.37. The number of hydrogen-bond donors (Lipinski definition) is 0. The van der Waals surface area contributed by atoms with Crippen LogP contribution in [0.4, 0.5) is 0 Å². The minimum absolute atomic E-state index is 0.604. The van der Waals surface area contributed by atoms with Crippen molar-refractivity contribution in [3.8, 4) is 11.5 Å². The van der Waals surface area contributed by atoms with Crippen molar-refractivity contribution in [3.63, 3.8) is 0 Å². The molecule has 1 rings (SSSR count). The van der Waals surface area contributed by atoms with E-state index in [0.29, 0.717) is 16.5 Å². The van der Waals surface area contributed by atoms with Gasteiger partial charge in [-0.2, -0.15) is 0 Å². The fourth-order valence-electron chi connectivity index (χ4n) is 1.16. The van der Waals surface area contributed by atoms with E-state index >= 15 is 0 Å². The smallest absolute Gasteiger partial charge is 0.179 e. The summed E-state index contributed by atoms with van der Waals surface area (Å²) in [5.74, 6) is 1.28. The van der Waals surface area contributed by atoms with Crippen LogP contribution in [0.3, 0.4) is 0 Å². The van der Waals surface area contributed by atoms with E-state index in [1.165, 1.54) is 0 Å². The summed E-state index contributed by atoms with van der Waals surface area (Å²) < 4.78 is 10.3. The van der Waals surface area contributed by atoms with Gasteiger partial charge < -0.3 is 9.47 Å². The molecule has 0 spiro atoms. The third-order valence-corrected chi connectivity index (χ3v) is 2.57. The summed E-state index contributed by atoms with van der Waals surface area (Å²) in [5, 5.41) is 0.624. The average Bonchev–Trinajstić information content (AvgIpc) is 2.13. The molecule has 0 amide bonds. The molecule has 1 aromatic rings. The summed E-state index contributed by atoms with van der Waals surface area (Å²) in [4.78, 5) is 0. The van der Waals surface area contributed by atoms with Gasteiger partial charge >= 0.3 is 0 Å². The van der Waals surface area contributed by atoms with Gasteiger partial charge in [-0.3, -0.25) is 0 Å². The molecule has 0 saturated carbocycles. The van der Waals surface area contributed by atoms with E-state index < -0.39 is 0 Å². The molecule has 3 heteroatoms. The largest absolute Gasteiger partial charge is 0.493 e. The van der Waals surface area contributed by atoms with Gasteiger partial charge in [-0.15, -0.1) is 0 Å². The van der Waals surface area contributed by atoms with Crippen LogP contribution in [0.15, 0.2) is 6.07 Å². The number of rotatable bonds is 2. The lowest BCUT2D eigenvalue weighted by Crippen LogP contribution is -1.94. The molecule has 0 atom stereocenters. The van der Waals surface area contributed by atoms with Gasteiger partial charge in [-0.1, -0.05) is 11.6 Å². The average molecular weight is 201 g/mol. The number of ether oxygens (including phenoxy) is 2. The lowest BCUT2D eigenvalue weighted by Gasteiger charge is -2.12. The maximum absolute atomic E-state index is 6.08. The highest BCUT2D eigenvalue weighted by atomic mass is 35.5. The Morgan fingerprint density at radius 2 is 1.77 bits per heavy atom. The lowest BCUT2D eigenvalue weighted by molar-refractivity contribution is 0.354. The van der Waals surface area contributed by atoms with Gasteiger partial charge in [0, 0.05) is 0 Å². The van der Waals surface area contributed by atoms with Crippen molar-refractivity contribution in [1.29, 1.82) is 0 Å². The normalized spacial score (nSPS) is 9.92. The molecule has 72 valence electrons. The monoisotopic (exact) mass is 200 g/mol. The Labute approximate surface area is 83.4 Å². The molecule has 1 aromatic carbocycles. The Bertz CT molecular complexity index is 321. The van der Waals surface area contributed by atoms with E-state index in [4.69, 9.17) is 21.1 Å². The summed E-state index contributed by atoms with van der Waals surface area (Å²) in [6.07, 6.45) is 0. The first-order valence-electron chi connectivity index (χ1n) is 3.99. The van der Waals surface area contributed by atoms with Crippen LogP contribution in [0.2, 0.25) is 5.02 Å². The Morgan fingerprint density at radius 3 is 2.23 bits per heavy atom. The zero-order valence-corrected chi connectivity index (χ0v) is 9.03. The van der Waals surface area contributed by atoms with E-state index in [1.54, 1.807) is 14.2 Å². The molecule has 0 aliphatic heterocycles. The number of hydrogen-bond acceptors (Lipinski definition) is 2. The lowest BCUT2D eigenvalue weighted by atomic mass is 10.1. The fraction of sp³-hybridized carbons (Fsp3) is 0.400. The summed E-state index contributed by atoms with van der Waals surface area (Å²) in [6.45, 7) is 3.95. The van der Waals surface area contributed by atoms with Crippen LogP contribution >= 0.6 is 11.6 Å². The Kier molecular flexibility index (Phi) is 3.04. The van der Waals surface area contributed by atoms with Crippen LogP contribution in [-0.2, 0) is 0 Å². The predicted octanol–water partition coefficient (Wildman–Crippen LogP) is 2.97. The van der Waals surface area contributed by atoms with Crippen molar-refractivity contribution >= 4 is 11.6 Å². The van der Waals surface area contributed by atoms with Gasteiger partial charge in [0.1, 0.15) is 0 Å². The van der Waals surface area contributed by atoms with Crippen LogP contribution in [0, 0.1) is 13.8 Å². The minimum Gasteiger partial charge on any atom is -0.493 e. The Morgan fingerprint density at radius 1 is 1.15 bits per heavy atom. The van der Waals surface area contributed by atoms with Crippen LogP contribution in [0.1, 0.15) is 11.1 Å². The van der Waals surface area contributed by atoms with Crippen molar-refractivity contribution in [2.75, 3.05) is 14.2 Å². The highest BCUT2D eigenvalue weighted by Crippen LogP contribution is 2.38. The van der Waals surface area contributed by atoms with Crippen molar-refractivity contribution in [2.24, 2.45) is 0 Å². The summed E-state index contributed by atoms with van der Waals surface area (Å²) in [7, 11) is 3.18. The minimum atomic E-state index is 0.604. The first-order chi connectivity index (χ1) is 6.11. The maximum atomic E-state index is 6.08. The molecular weight excluding hydrogens is 188 g/mol. The molecule has 0 radical (unpaired) electrons. The molecule has 13 heavy (non-hydrogen) atoms. The van der Waals surface area contributed by atoms with Gasteiger partial charge in [0.25, 0.3) is 0 Å². The molecule has 0 heterocycles. The second kappa shape index (κ2) is 3.88. The molecule has 2 nitrogen and oxygen atoms in total. The summed E-state index contributed by atoms with van der Waals surface area (Å²) in [6, 6.07) is 1.92. The van der Waals surface area contributed by atoms with Crippen LogP contribution < -0.4 is 9.47 Å². The molecule has 0 aromatic heterocycles.